The molecule has 352 valence electrons. The van der Waals surface area contributed by atoms with Crippen molar-refractivity contribution in [2.24, 2.45) is 0 Å². The Bertz CT molecular complexity index is 2270. The standard InChI is InChI=1S/C23H30N4O6.C23H32N4O5/c1-16-19(32-15-28)20(27(24-16)13-17-9-7-6-8-10-17)25-11-12-26(18(14-25)21(29)31-5)22(30)33-23(2,3)4;1-16-19(30-5)20(27(24-16)14-17-10-8-7-9-11-17)25-12-13-26(18(15-25)21(28)31-6)22(29)32-23(2,3)4/h6-10,15,18H,11-14H2,1-5H3;7-11,18H,12-15H2,1-6H3/t2*18-/m00/s1. The third-order valence-corrected chi connectivity index (χ3v) is 10.4. The predicted octanol–water partition coefficient (Wildman–Crippen LogP) is 5.22. The van der Waals surface area contributed by atoms with E-state index in [1.54, 1.807) is 60.3 Å². The van der Waals surface area contributed by atoms with E-state index in [4.69, 9.17) is 28.4 Å². The molecule has 4 heterocycles. The maximum Gasteiger partial charge on any atom is 0.411 e. The van der Waals surface area contributed by atoms with E-state index in [-0.39, 0.29) is 19.6 Å². The number of nitrogens with zero attached hydrogens (tertiary/aromatic N) is 8. The van der Waals surface area contributed by atoms with Crippen LogP contribution in [0, 0.1) is 13.8 Å². The highest BCUT2D eigenvalue weighted by molar-refractivity contribution is 5.84. The van der Waals surface area contributed by atoms with Gasteiger partial charge in [0, 0.05) is 26.2 Å². The van der Waals surface area contributed by atoms with Crippen molar-refractivity contribution < 1.29 is 52.4 Å². The molecule has 2 fully saturated rings. The maximum absolute atomic E-state index is 12.8. The van der Waals surface area contributed by atoms with Gasteiger partial charge < -0.3 is 38.2 Å². The van der Waals surface area contributed by atoms with E-state index in [1.807, 2.05) is 82.1 Å². The van der Waals surface area contributed by atoms with Crippen molar-refractivity contribution in [2.45, 2.75) is 91.8 Å². The fraction of sp³-hybridized carbons (Fsp3) is 0.500. The summed E-state index contributed by atoms with van der Waals surface area (Å²) >= 11 is 0. The van der Waals surface area contributed by atoms with E-state index in [2.05, 4.69) is 10.2 Å². The molecule has 0 bridgehead atoms. The number of amides is 2. The van der Waals surface area contributed by atoms with Crippen LogP contribution in [0.3, 0.4) is 0 Å². The van der Waals surface area contributed by atoms with Gasteiger partial charge in [-0.05, 0) is 66.5 Å². The molecule has 2 atom stereocenters. The third kappa shape index (κ3) is 12.5. The number of esters is 2. The molecule has 2 aromatic heterocycles. The van der Waals surface area contributed by atoms with Crippen LogP contribution in [-0.2, 0) is 46.4 Å². The van der Waals surface area contributed by atoms with Gasteiger partial charge in [0.25, 0.3) is 6.47 Å². The van der Waals surface area contributed by atoms with Gasteiger partial charge in [-0.1, -0.05) is 60.7 Å². The van der Waals surface area contributed by atoms with Crippen molar-refractivity contribution in [1.82, 2.24) is 29.4 Å². The van der Waals surface area contributed by atoms with Gasteiger partial charge in [0.2, 0.25) is 0 Å². The van der Waals surface area contributed by atoms with E-state index in [0.29, 0.717) is 62.2 Å². The molecule has 0 saturated carbocycles. The van der Waals surface area contributed by atoms with Gasteiger partial charge in [0.15, 0.2) is 35.2 Å². The zero-order chi connectivity index (χ0) is 47.6. The lowest BCUT2D eigenvalue weighted by atomic mass is 10.1. The number of rotatable bonds is 11. The predicted molar refractivity (Wildman–Crippen MR) is 240 cm³/mol. The van der Waals surface area contributed by atoms with Crippen LogP contribution in [0.4, 0.5) is 21.2 Å². The molecule has 0 N–H and O–H groups in total. The molecular formula is C46H62N8O11. The Kier molecular flexibility index (Phi) is 16.1. The van der Waals surface area contributed by atoms with Crippen LogP contribution in [0.5, 0.6) is 11.5 Å². The van der Waals surface area contributed by atoms with Crippen LogP contribution in [0.25, 0.3) is 0 Å². The zero-order valence-electron chi connectivity index (χ0n) is 39.2. The first-order valence-corrected chi connectivity index (χ1v) is 21.3. The van der Waals surface area contributed by atoms with Gasteiger partial charge >= 0.3 is 24.1 Å². The van der Waals surface area contributed by atoms with Gasteiger partial charge in [-0.3, -0.25) is 14.6 Å². The molecule has 2 aromatic carbocycles. The summed E-state index contributed by atoms with van der Waals surface area (Å²) in [6, 6.07) is 18.0. The lowest BCUT2D eigenvalue weighted by Crippen LogP contribution is -2.59. The molecule has 19 nitrogen and oxygen atoms in total. The second kappa shape index (κ2) is 21.3. The van der Waals surface area contributed by atoms with Crippen molar-refractivity contribution in [3.05, 3.63) is 83.2 Å². The second-order valence-corrected chi connectivity index (χ2v) is 17.5. The number of piperazine rings is 2. The van der Waals surface area contributed by atoms with Gasteiger partial charge in [-0.25, -0.2) is 28.5 Å². The molecule has 0 unspecified atom stereocenters. The zero-order valence-corrected chi connectivity index (χ0v) is 39.2. The quantitative estimate of drug-likeness (QED) is 0.108. The van der Waals surface area contributed by atoms with Gasteiger partial charge in [0.05, 0.1) is 47.5 Å². The van der Waals surface area contributed by atoms with Crippen molar-refractivity contribution >= 4 is 42.2 Å². The maximum atomic E-state index is 12.8. The smallest absolute Gasteiger partial charge is 0.411 e. The average molecular weight is 903 g/mol. The monoisotopic (exact) mass is 902 g/mol. The fourth-order valence-corrected chi connectivity index (χ4v) is 7.58. The number of ether oxygens (including phenoxy) is 6. The normalized spacial score (nSPS) is 16.5. The number of aryl methyl sites for hydroxylation is 2. The lowest BCUT2D eigenvalue weighted by Gasteiger charge is -2.41. The average Bonchev–Trinajstić information content (AvgIpc) is 3.75. The molecule has 2 aliphatic rings. The SMILES string of the molecule is COC(=O)[C@@H]1CN(c2c(OC)c(C)nn2Cc2ccccc2)CCN1C(=O)OC(C)(C)C.COC(=O)[C@@H]1CN(c2c(OC=O)c(C)nn2Cc2ccccc2)CCN1C(=O)OC(C)(C)C. The molecule has 4 aromatic rings. The summed E-state index contributed by atoms with van der Waals surface area (Å²) in [7, 11) is 4.20. The molecule has 0 spiro atoms. The van der Waals surface area contributed by atoms with E-state index in [1.165, 1.54) is 24.0 Å². The first-order valence-electron chi connectivity index (χ1n) is 21.3. The minimum absolute atomic E-state index is 0.126. The van der Waals surface area contributed by atoms with E-state index >= 15 is 0 Å². The van der Waals surface area contributed by atoms with Crippen LogP contribution < -0.4 is 19.3 Å². The molecule has 2 amide bonds. The highest BCUT2D eigenvalue weighted by Crippen LogP contribution is 2.36. The molecule has 0 radical (unpaired) electrons. The Morgan fingerprint density at radius 2 is 1.00 bits per heavy atom. The van der Waals surface area contributed by atoms with Gasteiger partial charge in [-0.2, -0.15) is 10.2 Å². The largest absolute Gasteiger partial charge is 0.491 e. The highest BCUT2D eigenvalue weighted by atomic mass is 16.6. The summed E-state index contributed by atoms with van der Waals surface area (Å²) in [5.74, 6) is 1.23. The first kappa shape index (κ1) is 49.2. The number of methoxy groups -OCH3 is 3. The van der Waals surface area contributed by atoms with Crippen LogP contribution in [-0.4, -0.2) is 144 Å². The van der Waals surface area contributed by atoms with E-state index in [9.17, 15) is 24.0 Å². The van der Waals surface area contributed by atoms with Crippen LogP contribution >= 0.6 is 0 Å². The van der Waals surface area contributed by atoms with Crippen LogP contribution in [0.15, 0.2) is 60.7 Å². The Morgan fingerprint density at radius 1 is 0.615 bits per heavy atom. The topological polar surface area (TPSA) is 189 Å². The molecule has 2 saturated heterocycles. The first-order chi connectivity index (χ1) is 30.8. The molecule has 19 heteroatoms. The number of carbonyl (C=O) groups excluding carboxylic acids is 5. The Morgan fingerprint density at radius 3 is 1.35 bits per heavy atom. The molecule has 65 heavy (non-hydrogen) atoms. The summed E-state index contributed by atoms with van der Waals surface area (Å²) in [6.45, 7) is 17.4. The fourth-order valence-electron chi connectivity index (χ4n) is 7.58. The number of aromatic nitrogens is 4. The van der Waals surface area contributed by atoms with Crippen LogP contribution in [0.2, 0.25) is 0 Å². The molecule has 6 rings (SSSR count). The van der Waals surface area contributed by atoms with E-state index in [0.717, 1.165) is 22.6 Å². The summed E-state index contributed by atoms with van der Waals surface area (Å²) in [6.07, 6.45) is -1.12. The Hall–Kier alpha value is -6.79. The summed E-state index contributed by atoms with van der Waals surface area (Å²) in [5.41, 5.74) is 2.03. The Balaban J connectivity index is 0.000000244. The van der Waals surface area contributed by atoms with Crippen molar-refractivity contribution in [3.8, 4) is 11.5 Å². The van der Waals surface area contributed by atoms with Crippen LogP contribution in [0.1, 0.15) is 64.1 Å². The molecular weight excluding hydrogens is 841 g/mol. The van der Waals surface area contributed by atoms with E-state index < -0.39 is 47.4 Å². The third-order valence-electron chi connectivity index (χ3n) is 10.4. The minimum Gasteiger partial charge on any atom is -0.491 e. The molecule has 2 aliphatic heterocycles. The van der Waals surface area contributed by atoms with Gasteiger partial charge in [-0.15, -0.1) is 0 Å². The van der Waals surface area contributed by atoms with Crippen molar-refractivity contribution in [1.29, 1.82) is 0 Å². The lowest BCUT2D eigenvalue weighted by molar-refractivity contribution is -0.147. The van der Waals surface area contributed by atoms with Crippen molar-refractivity contribution in [2.75, 3.05) is 70.4 Å². The molecule has 0 aliphatic carbocycles. The van der Waals surface area contributed by atoms with Crippen molar-refractivity contribution in [3.63, 3.8) is 0 Å². The number of hydrogen-bond donors (Lipinski definition) is 0. The number of anilines is 2. The summed E-state index contributed by atoms with van der Waals surface area (Å²) < 4.78 is 35.5. The minimum atomic E-state index is -0.900. The number of carbonyl (C=O) groups is 5. The number of hydrogen-bond acceptors (Lipinski definition) is 15. The second-order valence-electron chi connectivity index (χ2n) is 17.5. The van der Waals surface area contributed by atoms with Gasteiger partial charge in [0.1, 0.15) is 22.6 Å². The Labute approximate surface area is 380 Å². The summed E-state index contributed by atoms with van der Waals surface area (Å²) in [5, 5.41) is 9.24. The highest BCUT2D eigenvalue weighted by Gasteiger charge is 2.42. The summed E-state index contributed by atoms with van der Waals surface area (Å²) in [4.78, 5) is 68.6. The number of benzene rings is 2.